The Kier molecular flexibility index (Phi) is 7.31. The van der Waals surface area contributed by atoms with Crippen molar-refractivity contribution in [3.05, 3.63) is 47.5 Å². The number of carbonyl (C=O) groups excluding carboxylic acids is 1. The summed E-state index contributed by atoms with van der Waals surface area (Å²) in [5.74, 6) is 1.10. The Labute approximate surface area is 189 Å². The summed E-state index contributed by atoms with van der Waals surface area (Å²) in [7, 11) is 0. The van der Waals surface area contributed by atoms with Gasteiger partial charge in [-0.1, -0.05) is 11.6 Å². The molecule has 10 heteroatoms. The summed E-state index contributed by atoms with van der Waals surface area (Å²) in [5.41, 5.74) is 1.23. The first-order valence-corrected chi connectivity index (χ1v) is 10.5. The number of nitrogens with one attached hydrogen (secondary N) is 2. The van der Waals surface area contributed by atoms with Crippen LogP contribution in [0, 0.1) is 5.82 Å². The Morgan fingerprint density at radius 3 is 2.94 bits per heavy atom. The quantitative estimate of drug-likeness (QED) is 0.350. The number of aromatic nitrogens is 2. The fourth-order valence-corrected chi connectivity index (χ4v) is 3.44. The van der Waals surface area contributed by atoms with Crippen molar-refractivity contribution in [1.29, 1.82) is 0 Å². The van der Waals surface area contributed by atoms with E-state index in [-0.39, 0.29) is 17.7 Å². The van der Waals surface area contributed by atoms with Gasteiger partial charge >= 0.3 is 0 Å². The van der Waals surface area contributed by atoms with Crippen molar-refractivity contribution in [3.8, 4) is 11.5 Å². The third kappa shape index (κ3) is 5.42. The van der Waals surface area contributed by atoms with Gasteiger partial charge in [0.25, 0.3) is 0 Å². The zero-order valence-electron chi connectivity index (χ0n) is 17.1. The van der Waals surface area contributed by atoms with E-state index in [2.05, 4.69) is 20.6 Å². The van der Waals surface area contributed by atoms with Gasteiger partial charge in [-0.25, -0.2) is 14.4 Å². The molecule has 1 aromatic heterocycles. The van der Waals surface area contributed by atoms with E-state index >= 15 is 0 Å². The molecule has 0 radical (unpaired) electrons. The summed E-state index contributed by atoms with van der Waals surface area (Å²) in [6.45, 7) is 2.26. The number of nitrogens with zero attached hydrogens (tertiary/aromatic N) is 2. The number of hydrogen-bond donors (Lipinski definition) is 2. The van der Waals surface area contributed by atoms with Crippen molar-refractivity contribution in [3.63, 3.8) is 0 Å². The van der Waals surface area contributed by atoms with Gasteiger partial charge in [0.2, 0.25) is 0 Å². The molecule has 0 bridgehead atoms. The smallest absolute Gasteiger partial charge is 0.163 e. The second kappa shape index (κ2) is 10.5. The number of rotatable bonds is 10. The molecule has 3 aromatic rings. The van der Waals surface area contributed by atoms with Crippen LogP contribution in [0.5, 0.6) is 11.5 Å². The van der Waals surface area contributed by atoms with Crippen LogP contribution in [0.25, 0.3) is 10.9 Å². The van der Waals surface area contributed by atoms with Gasteiger partial charge in [0.05, 0.1) is 30.3 Å². The first kappa shape index (κ1) is 22.2. The van der Waals surface area contributed by atoms with E-state index in [0.29, 0.717) is 60.3 Å². The van der Waals surface area contributed by atoms with Gasteiger partial charge in [0.15, 0.2) is 11.5 Å². The SMILES string of the molecule is O=CCNCCOc1cc2ncnc(Nc3ccc(F)c(Cl)c3)c2cc1OC1CCOC1. The molecule has 2 N–H and O–H groups in total. The fraction of sp³-hybridized carbons (Fsp3) is 0.318. The van der Waals surface area contributed by atoms with Crippen molar-refractivity contribution in [2.24, 2.45) is 0 Å². The zero-order chi connectivity index (χ0) is 22.3. The molecule has 168 valence electrons. The molecule has 1 fully saturated rings. The molecule has 0 aliphatic carbocycles. The van der Waals surface area contributed by atoms with Crippen molar-refractivity contribution in [1.82, 2.24) is 15.3 Å². The minimum absolute atomic E-state index is 0.0116. The Morgan fingerprint density at radius 2 is 2.16 bits per heavy atom. The normalized spacial score (nSPS) is 15.6. The van der Waals surface area contributed by atoms with E-state index in [1.807, 2.05) is 6.07 Å². The molecule has 0 amide bonds. The number of carbonyl (C=O) groups is 1. The van der Waals surface area contributed by atoms with Crippen LogP contribution in [0.2, 0.25) is 5.02 Å². The Hall–Kier alpha value is -3.01. The van der Waals surface area contributed by atoms with Gasteiger partial charge in [-0.15, -0.1) is 0 Å². The lowest BCUT2D eigenvalue weighted by atomic mass is 10.2. The molecule has 4 rings (SSSR count). The maximum Gasteiger partial charge on any atom is 0.163 e. The summed E-state index contributed by atoms with van der Waals surface area (Å²) >= 11 is 5.90. The van der Waals surface area contributed by atoms with Gasteiger partial charge in [-0.05, 0) is 24.3 Å². The van der Waals surface area contributed by atoms with Gasteiger partial charge < -0.3 is 29.6 Å². The lowest BCUT2D eigenvalue weighted by molar-refractivity contribution is -0.107. The highest BCUT2D eigenvalue weighted by Gasteiger charge is 2.21. The molecule has 32 heavy (non-hydrogen) atoms. The molecule has 2 heterocycles. The van der Waals surface area contributed by atoms with E-state index < -0.39 is 5.82 Å². The molecule has 1 aliphatic heterocycles. The zero-order valence-corrected chi connectivity index (χ0v) is 17.9. The summed E-state index contributed by atoms with van der Waals surface area (Å²) in [4.78, 5) is 19.1. The highest BCUT2D eigenvalue weighted by molar-refractivity contribution is 6.31. The molecule has 2 aromatic carbocycles. The van der Waals surface area contributed by atoms with E-state index in [1.165, 1.54) is 18.5 Å². The maximum absolute atomic E-state index is 13.5. The molecule has 0 saturated carbocycles. The molecular formula is C22H22ClFN4O4. The summed E-state index contributed by atoms with van der Waals surface area (Å²) < 4.78 is 31.0. The molecule has 1 unspecified atom stereocenters. The van der Waals surface area contributed by atoms with Crippen LogP contribution >= 0.6 is 11.6 Å². The van der Waals surface area contributed by atoms with Gasteiger partial charge in [-0.3, -0.25) is 0 Å². The van der Waals surface area contributed by atoms with E-state index in [1.54, 1.807) is 12.1 Å². The van der Waals surface area contributed by atoms with Crippen LogP contribution in [-0.2, 0) is 9.53 Å². The highest BCUT2D eigenvalue weighted by atomic mass is 35.5. The molecular weight excluding hydrogens is 439 g/mol. The van der Waals surface area contributed by atoms with Crippen molar-refractivity contribution in [2.45, 2.75) is 12.5 Å². The van der Waals surface area contributed by atoms with Gasteiger partial charge in [-0.2, -0.15) is 0 Å². The largest absolute Gasteiger partial charge is 0.488 e. The number of benzene rings is 2. The van der Waals surface area contributed by atoms with E-state index in [0.717, 1.165) is 12.7 Å². The van der Waals surface area contributed by atoms with Crippen LogP contribution in [0.15, 0.2) is 36.7 Å². The maximum atomic E-state index is 13.5. The van der Waals surface area contributed by atoms with Crippen LogP contribution in [0.1, 0.15) is 6.42 Å². The number of ether oxygens (including phenoxy) is 3. The van der Waals surface area contributed by atoms with Crippen molar-refractivity contribution >= 4 is 40.3 Å². The average molecular weight is 461 g/mol. The fourth-order valence-electron chi connectivity index (χ4n) is 3.26. The van der Waals surface area contributed by atoms with Crippen LogP contribution in [-0.4, -0.2) is 55.3 Å². The summed E-state index contributed by atoms with van der Waals surface area (Å²) in [6.07, 6.45) is 2.92. The highest BCUT2D eigenvalue weighted by Crippen LogP contribution is 2.36. The average Bonchev–Trinajstić information content (AvgIpc) is 3.30. The minimum atomic E-state index is -0.497. The van der Waals surface area contributed by atoms with Crippen LogP contribution in [0.4, 0.5) is 15.9 Å². The lowest BCUT2D eigenvalue weighted by Gasteiger charge is -2.18. The second-order valence-electron chi connectivity index (χ2n) is 7.11. The Bertz CT molecular complexity index is 1090. The Morgan fingerprint density at radius 1 is 1.25 bits per heavy atom. The topological polar surface area (TPSA) is 94.6 Å². The van der Waals surface area contributed by atoms with E-state index in [4.69, 9.17) is 25.8 Å². The standard InChI is InChI=1S/C22H22ClFN4O4/c23-17-9-14(1-2-18(17)24)28-22-16-10-21(32-15-3-7-30-12-15)20(11-19(16)26-13-27-22)31-8-5-25-4-6-29/h1-2,6,9-11,13,15,25H,3-5,7-8,12H2,(H,26,27,28). The third-order valence-electron chi connectivity index (χ3n) is 4.83. The monoisotopic (exact) mass is 460 g/mol. The summed E-state index contributed by atoms with van der Waals surface area (Å²) in [5, 5.41) is 6.82. The van der Waals surface area contributed by atoms with Crippen LogP contribution < -0.4 is 20.1 Å². The molecule has 1 saturated heterocycles. The number of halogens is 2. The number of anilines is 2. The third-order valence-corrected chi connectivity index (χ3v) is 5.12. The van der Waals surface area contributed by atoms with Gasteiger partial charge in [0.1, 0.15) is 37.0 Å². The number of fused-ring (bicyclic) bond motifs is 1. The predicted octanol–water partition coefficient (Wildman–Crippen LogP) is 3.50. The minimum Gasteiger partial charge on any atom is -0.488 e. The summed E-state index contributed by atoms with van der Waals surface area (Å²) in [6, 6.07) is 7.95. The second-order valence-corrected chi connectivity index (χ2v) is 7.52. The van der Waals surface area contributed by atoms with Crippen LogP contribution in [0.3, 0.4) is 0 Å². The van der Waals surface area contributed by atoms with Crippen molar-refractivity contribution < 1.29 is 23.4 Å². The molecule has 8 nitrogen and oxygen atoms in total. The van der Waals surface area contributed by atoms with Gasteiger partial charge in [0, 0.05) is 30.1 Å². The molecule has 0 spiro atoms. The van der Waals surface area contributed by atoms with E-state index in [9.17, 15) is 9.18 Å². The Balaban J connectivity index is 1.63. The molecule has 1 aliphatic rings. The number of aldehydes is 1. The van der Waals surface area contributed by atoms with Crippen molar-refractivity contribution in [2.75, 3.05) is 38.2 Å². The first-order valence-electron chi connectivity index (χ1n) is 10.2. The molecule has 1 atom stereocenters. The lowest BCUT2D eigenvalue weighted by Crippen LogP contribution is -2.23. The predicted molar refractivity (Wildman–Crippen MR) is 119 cm³/mol. The number of hydrogen-bond acceptors (Lipinski definition) is 8. The first-order chi connectivity index (χ1) is 15.6.